The average molecular weight is 459 g/mol. The molecule has 3 aromatic heterocycles. The number of aromatic amines is 1. The van der Waals surface area contributed by atoms with Crippen LogP contribution < -0.4 is 14.8 Å². The number of ether oxygens (including phenoxy) is 2. The van der Waals surface area contributed by atoms with E-state index >= 15 is 0 Å². The largest absolute Gasteiger partial charge is 0.459 e. The Balaban J connectivity index is 1.33. The van der Waals surface area contributed by atoms with Crippen LogP contribution in [0.1, 0.15) is 10.6 Å². The Bertz CT molecular complexity index is 1510. The summed E-state index contributed by atoms with van der Waals surface area (Å²) in [5.74, 6) is 1.84. The van der Waals surface area contributed by atoms with Crippen molar-refractivity contribution in [3.05, 3.63) is 77.8 Å². The number of aromatic nitrogens is 3. The number of rotatable bonds is 4. The van der Waals surface area contributed by atoms with Gasteiger partial charge in [0.25, 0.3) is 5.91 Å². The van der Waals surface area contributed by atoms with Crippen LogP contribution in [0.3, 0.4) is 0 Å². The van der Waals surface area contributed by atoms with E-state index in [4.69, 9.17) is 25.5 Å². The van der Waals surface area contributed by atoms with Gasteiger partial charge in [-0.05, 0) is 54.1 Å². The number of imidazole rings is 1. The lowest BCUT2D eigenvalue weighted by Gasteiger charge is -2.07. The number of nitrogens with zero attached hydrogens (tertiary/aromatic N) is 2. The zero-order chi connectivity index (χ0) is 22.4. The van der Waals surface area contributed by atoms with Crippen molar-refractivity contribution in [3.8, 4) is 34.0 Å². The molecule has 4 heterocycles. The van der Waals surface area contributed by atoms with Gasteiger partial charge in [-0.3, -0.25) is 4.79 Å². The molecule has 0 unspecified atom stereocenters. The zero-order valence-corrected chi connectivity index (χ0v) is 17.7. The SMILES string of the molecule is O=C(Nc1ccc(Cl)c(-c2nc3ncc(-c4ccc5c(c4)OCO5)cc3[nH]2)c1)c1ccco1. The molecular weight excluding hydrogens is 444 g/mol. The van der Waals surface area contributed by atoms with Crippen LogP contribution in [-0.2, 0) is 0 Å². The Morgan fingerprint density at radius 2 is 1.94 bits per heavy atom. The molecule has 9 heteroatoms. The lowest BCUT2D eigenvalue weighted by Crippen LogP contribution is -2.10. The number of carbonyl (C=O) groups is 1. The van der Waals surface area contributed by atoms with E-state index in [-0.39, 0.29) is 18.5 Å². The number of fused-ring (bicyclic) bond motifs is 2. The quantitative estimate of drug-likeness (QED) is 0.367. The molecule has 1 aliphatic heterocycles. The molecule has 8 nitrogen and oxygen atoms in total. The number of hydrogen-bond donors (Lipinski definition) is 2. The van der Waals surface area contributed by atoms with Crippen molar-refractivity contribution in [1.82, 2.24) is 15.0 Å². The summed E-state index contributed by atoms with van der Waals surface area (Å²) >= 11 is 6.44. The Labute approximate surface area is 192 Å². The number of halogens is 1. The van der Waals surface area contributed by atoms with Crippen LogP contribution in [0, 0.1) is 0 Å². The predicted molar refractivity (Wildman–Crippen MR) is 123 cm³/mol. The van der Waals surface area contributed by atoms with E-state index < -0.39 is 0 Å². The van der Waals surface area contributed by atoms with Crippen molar-refractivity contribution in [2.24, 2.45) is 0 Å². The number of hydrogen-bond acceptors (Lipinski definition) is 6. The molecule has 0 saturated heterocycles. The first-order valence-corrected chi connectivity index (χ1v) is 10.4. The number of carbonyl (C=O) groups excluding carboxylic acids is 1. The first-order valence-electron chi connectivity index (χ1n) is 10.0. The number of furan rings is 1. The summed E-state index contributed by atoms with van der Waals surface area (Å²) in [4.78, 5) is 24.7. The maximum atomic E-state index is 12.3. The minimum Gasteiger partial charge on any atom is -0.459 e. The minimum absolute atomic E-state index is 0.218. The van der Waals surface area contributed by atoms with Gasteiger partial charge in [-0.15, -0.1) is 0 Å². The molecule has 0 fully saturated rings. The molecule has 1 aliphatic rings. The van der Waals surface area contributed by atoms with Gasteiger partial charge in [0.05, 0.1) is 16.8 Å². The predicted octanol–water partition coefficient (Wildman–Crippen LogP) is 5.52. The number of pyridine rings is 1. The van der Waals surface area contributed by atoms with E-state index in [2.05, 4.69) is 20.3 Å². The van der Waals surface area contributed by atoms with Gasteiger partial charge >= 0.3 is 0 Å². The monoisotopic (exact) mass is 458 g/mol. The van der Waals surface area contributed by atoms with Gasteiger partial charge < -0.3 is 24.2 Å². The highest BCUT2D eigenvalue weighted by Crippen LogP contribution is 2.36. The summed E-state index contributed by atoms with van der Waals surface area (Å²) in [5.41, 5.74) is 4.35. The van der Waals surface area contributed by atoms with Gasteiger partial charge in [0, 0.05) is 23.0 Å². The second kappa shape index (κ2) is 7.68. The smallest absolute Gasteiger partial charge is 0.291 e. The number of H-pyrrole nitrogens is 1. The lowest BCUT2D eigenvalue weighted by atomic mass is 10.1. The molecule has 2 aromatic carbocycles. The first kappa shape index (κ1) is 19.4. The molecule has 33 heavy (non-hydrogen) atoms. The van der Waals surface area contributed by atoms with Gasteiger partial charge in [0.1, 0.15) is 5.82 Å². The molecule has 6 rings (SSSR count). The molecular formula is C24H15ClN4O4. The van der Waals surface area contributed by atoms with Gasteiger partial charge in [0.15, 0.2) is 22.9 Å². The highest BCUT2D eigenvalue weighted by molar-refractivity contribution is 6.33. The van der Waals surface area contributed by atoms with E-state index in [1.165, 1.54) is 6.26 Å². The molecule has 5 aromatic rings. The normalized spacial score (nSPS) is 12.3. The minimum atomic E-state index is -0.354. The topological polar surface area (TPSA) is 102 Å². The number of nitrogens with one attached hydrogen (secondary N) is 2. The summed E-state index contributed by atoms with van der Waals surface area (Å²) in [5, 5.41) is 3.28. The summed E-state index contributed by atoms with van der Waals surface area (Å²) < 4.78 is 16.0. The number of benzene rings is 2. The van der Waals surface area contributed by atoms with Crippen LogP contribution >= 0.6 is 11.6 Å². The molecule has 0 saturated carbocycles. The lowest BCUT2D eigenvalue weighted by molar-refractivity contribution is 0.0996. The fourth-order valence-corrected chi connectivity index (χ4v) is 3.85. The van der Waals surface area contributed by atoms with Crippen LogP contribution in [0.25, 0.3) is 33.7 Å². The summed E-state index contributed by atoms with van der Waals surface area (Å²) in [6, 6.07) is 16.1. The molecule has 0 radical (unpaired) electrons. The van der Waals surface area contributed by atoms with Crippen LogP contribution in [0.5, 0.6) is 11.5 Å². The molecule has 0 aliphatic carbocycles. The van der Waals surface area contributed by atoms with Crippen LogP contribution in [0.15, 0.2) is 71.5 Å². The second-order valence-corrected chi connectivity index (χ2v) is 7.78. The van der Waals surface area contributed by atoms with Gasteiger partial charge in [0.2, 0.25) is 6.79 Å². The second-order valence-electron chi connectivity index (χ2n) is 7.37. The Hall–Kier alpha value is -4.30. The van der Waals surface area contributed by atoms with Crippen molar-refractivity contribution in [1.29, 1.82) is 0 Å². The van der Waals surface area contributed by atoms with Crippen molar-refractivity contribution in [3.63, 3.8) is 0 Å². The average Bonchev–Trinajstić information content (AvgIpc) is 3.59. The van der Waals surface area contributed by atoms with E-state index in [1.807, 2.05) is 24.3 Å². The van der Waals surface area contributed by atoms with Gasteiger partial charge in [-0.25, -0.2) is 9.97 Å². The Morgan fingerprint density at radius 3 is 2.82 bits per heavy atom. The van der Waals surface area contributed by atoms with E-state index in [0.29, 0.717) is 33.5 Å². The van der Waals surface area contributed by atoms with Gasteiger partial charge in [-0.2, -0.15) is 0 Å². The number of anilines is 1. The first-order chi connectivity index (χ1) is 16.1. The summed E-state index contributed by atoms with van der Waals surface area (Å²) in [6.45, 7) is 0.224. The fraction of sp³-hybridized carbons (Fsp3) is 0.0417. The standard InChI is InChI=1S/C24H15ClN4O4/c25-17-5-4-15(27-24(30)20-2-1-7-31-20)10-16(17)22-28-18-8-14(11-26-23(18)29-22)13-3-6-19-21(9-13)33-12-32-19/h1-11H,12H2,(H,27,30)(H,26,28,29). The van der Waals surface area contributed by atoms with Crippen molar-refractivity contribution >= 4 is 34.4 Å². The van der Waals surface area contributed by atoms with Crippen molar-refractivity contribution in [2.45, 2.75) is 0 Å². The third kappa shape index (κ3) is 3.56. The molecule has 1 amide bonds. The molecule has 0 spiro atoms. The summed E-state index contributed by atoms with van der Waals surface area (Å²) in [6.07, 6.45) is 3.20. The third-order valence-electron chi connectivity index (χ3n) is 5.27. The molecule has 2 N–H and O–H groups in total. The third-order valence-corrected chi connectivity index (χ3v) is 5.60. The van der Waals surface area contributed by atoms with E-state index in [0.717, 1.165) is 22.4 Å². The van der Waals surface area contributed by atoms with Crippen LogP contribution in [0.2, 0.25) is 5.02 Å². The van der Waals surface area contributed by atoms with Crippen LogP contribution in [0.4, 0.5) is 5.69 Å². The van der Waals surface area contributed by atoms with Crippen LogP contribution in [-0.4, -0.2) is 27.7 Å². The Kier molecular flexibility index (Phi) is 4.51. The zero-order valence-electron chi connectivity index (χ0n) is 17.0. The highest BCUT2D eigenvalue weighted by Gasteiger charge is 2.16. The van der Waals surface area contributed by atoms with E-state index in [1.54, 1.807) is 36.5 Å². The van der Waals surface area contributed by atoms with E-state index in [9.17, 15) is 4.79 Å². The highest BCUT2D eigenvalue weighted by atomic mass is 35.5. The fourth-order valence-electron chi connectivity index (χ4n) is 3.65. The molecule has 0 bridgehead atoms. The molecule has 162 valence electrons. The molecule has 0 atom stereocenters. The van der Waals surface area contributed by atoms with Gasteiger partial charge in [-0.1, -0.05) is 17.7 Å². The van der Waals surface area contributed by atoms with Crippen molar-refractivity contribution < 1.29 is 18.7 Å². The maximum Gasteiger partial charge on any atom is 0.291 e. The van der Waals surface area contributed by atoms with Crippen molar-refractivity contribution in [2.75, 3.05) is 12.1 Å². The Morgan fingerprint density at radius 1 is 1.03 bits per heavy atom. The summed E-state index contributed by atoms with van der Waals surface area (Å²) in [7, 11) is 0. The number of amides is 1. The maximum absolute atomic E-state index is 12.3.